The number of aliphatic hydroxyl groups is 1. The van der Waals surface area contributed by atoms with Crippen LogP contribution in [0.15, 0.2) is 91.1 Å². The maximum Gasteiger partial charge on any atom is 0.323 e. The minimum atomic E-state index is -1.01. The summed E-state index contributed by atoms with van der Waals surface area (Å²) in [6.45, 7) is 1.48. The Hall–Kier alpha value is -4.76. The smallest absolute Gasteiger partial charge is 0.323 e. The van der Waals surface area contributed by atoms with E-state index in [9.17, 15) is 14.7 Å². The second-order valence-electron chi connectivity index (χ2n) is 9.54. The lowest BCUT2D eigenvalue weighted by molar-refractivity contribution is -0.137. The van der Waals surface area contributed by atoms with Crippen LogP contribution in [0.4, 0.5) is 34.1 Å². The van der Waals surface area contributed by atoms with Gasteiger partial charge in [0.15, 0.2) is 0 Å². The zero-order valence-corrected chi connectivity index (χ0v) is 21.4. The Balaban J connectivity index is 1.13. The van der Waals surface area contributed by atoms with E-state index in [0.717, 1.165) is 48.7 Å². The number of carboxylic acid groups (broad SMARTS) is 1. The summed E-state index contributed by atoms with van der Waals surface area (Å²) < 4.78 is 1.39. The number of rotatable bonds is 9. The van der Waals surface area contributed by atoms with Crippen molar-refractivity contribution in [2.75, 3.05) is 33.9 Å². The van der Waals surface area contributed by atoms with Gasteiger partial charge in [0.05, 0.1) is 6.10 Å². The van der Waals surface area contributed by atoms with Gasteiger partial charge in [-0.1, -0.05) is 0 Å². The maximum atomic E-state index is 12.6. The third-order valence-electron chi connectivity index (χ3n) is 6.67. The molecule has 9 heteroatoms. The number of amides is 1. The highest BCUT2D eigenvalue weighted by Gasteiger charge is 2.17. The summed E-state index contributed by atoms with van der Waals surface area (Å²) in [6, 6.07) is 26.9. The number of aliphatic hydroxyl groups excluding tert-OH is 1. The second kappa shape index (κ2) is 11.7. The number of anilines is 6. The highest BCUT2D eigenvalue weighted by molar-refractivity contribution is 6.03. The number of carbonyl (C=O) groups excluding carboxylic acids is 1. The van der Waals surface area contributed by atoms with Crippen LogP contribution >= 0.6 is 0 Å². The second-order valence-corrected chi connectivity index (χ2v) is 9.54. The molecular formula is C30H31N5O4. The molecule has 5 rings (SSSR count). The molecule has 200 valence electrons. The van der Waals surface area contributed by atoms with Gasteiger partial charge in [0.1, 0.15) is 12.2 Å². The Morgan fingerprint density at radius 3 is 1.74 bits per heavy atom. The van der Waals surface area contributed by atoms with Crippen molar-refractivity contribution < 1.29 is 19.8 Å². The van der Waals surface area contributed by atoms with E-state index in [1.807, 2.05) is 36.4 Å². The number of aliphatic carboxylic acids is 1. The Bertz CT molecular complexity index is 1410. The fourth-order valence-electron chi connectivity index (χ4n) is 4.59. The molecule has 3 aromatic carbocycles. The van der Waals surface area contributed by atoms with Crippen molar-refractivity contribution in [3.05, 3.63) is 96.8 Å². The lowest BCUT2D eigenvalue weighted by Gasteiger charge is -2.31. The predicted octanol–water partition coefficient (Wildman–Crippen LogP) is 5.27. The van der Waals surface area contributed by atoms with Gasteiger partial charge in [0.2, 0.25) is 0 Å². The Morgan fingerprint density at radius 1 is 0.744 bits per heavy atom. The van der Waals surface area contributed by atoms with Crippen LogP contribution in [-0.4, -0.2) is 45.9 Å². The van der Waals surface area contributed by atoms with E-state index in [0.29, 0.717) is 5.69 Å². The third kappa shape index (κ3) is 6.77. The summed E-state index contributed by atoms with van der Waals surface area (Å²) in [5, 5.41) is 28.3. The molecule has 0 aliphatic carbocycles. The summed E-state index contributed by atoms with van der Waals surface area (Å²) in [6.07, 6.45) is 3.01. The van der Waals surface area contributed by atoms with Crippen molar-refractivity contribution in [3.63, 3.8) is 0 Å². The summed E-state index contributed by atoms with van der Waals surface area (Å²) >= 11 is 0. The van der Waals surface area contributed by atoms with Crippen molar-refractivity contribution >= 4 is 46.0 Å². The van der Waals surface area contributed by atoms with E-state index in [1.165, 1.54) is 10.3 Å². The quantitative estimate of drug-likeness (QED) is 0.202. The standard InChI is InChI=1S/C30H31N5O4/c36-27-15-18-34(19-16-27)26-13-11-24(12-14-26)32-22-5-3-21(4-6-22)31-23-7-9-25(10-8-23)33-30(39)28-2-1-17-35(28)20-29(37)38/h1-14,17,27,31-32,36H,15-16,18-20H2,(H,33,39)(H,37,38). The number of nitrogens with zero attached hydrogens (tertiary/aromatic N) is 2. The summed E-state index contributed by atoms with van der Waals surface area (Å²) in [4.78, 5) is 25.8. The highest BCUT2D eigenvalue weighted by Crippen LogP contribution is 2.26. The molecule has 0 bridgehead atoms. The van der Waals surface area contributed by atoms with Crippen molar-refractivity contribution in [2.45, 2.75) is 25.5 Å². The molecule has 2 heterocycles. The van der Waals surface area contributed by atoms with E-state index in [4.69, 9.17) is 5.11 Å². The van der Waals surface area contributed by atoms with Crippen LogP contribution in [0.5, 0.6) is 0 Å². The zero-order chi connectivity index (χ0) is 27.2. The normalized spacial score (nSPS) is 13.6. The number of carbonyl (C=O) groups is 2. The number of aromatic nitrogens is 1. The molecule has 5 N–H and O–H groups in total. The first kappa shape index (κ1) is 25.9. The predicted molar refractivity (Wildman–Crippen MR) is 153 cm³/mol. The molecule has 0 saturated carbocycles. The molecular weight excluding hydrogens is 494 g/mol. The minimum Gasteiger partial charge on any atom is -0.480 e. The Kier molecular flexibility index (Phi) is 7.79. The minimum absolute atomic E-state index is 0.177. The van der Waals surface area contributed by atoms with Crippen molar-refractivity contribution in [2.24, 2.45) is 0 Å². The molecule has 4 aromatic rings. The fraction of sp³-hybridized carbons (Fsp3) is 0.200. The largest absolute Gasteiger partial charge is 0.480 e. The number of nitrogens with one attached hydrogen (secondary N) is 3. The molecule has 0 unspecified atom stereocenters. The van der Waals surface area contributed by atoms with Gasteiger partial charge in [0, 0.05) is 53.4 Å². The lowest BCUT2D eigenvalue weighted by Crippen LogP contribution is -2.35. The molecule has 1 amide bonds. The van der Waals surface area contributed by atoms with Gasteiger partial charge in [-0.05, 0) is 97.8 Å². The van der Waals surface area contributed by atoms with E-state index in [1.54, 1.807) is 30.5 Å². The molecule has 1 saturated heterocycles. The van der Waals surface area contributed by atoms with Gasteiger partial charge in [-0.3, -0.25) is 9.59 Å². The van der Waals surface area contributed by atoms with Gasteiger partial charge in [-0.25, -0.2) is 0 Å². The number of hydrogen-bond acceptors (Lipinski definition) is 6. The molecule has 0 spiro atoms. The fourth-order valence-corrected chi connectivity index (χ4v) is 4.59. The van der Waals surface area contributed by atoms with Crippen LogP contribution in [0.3, 0.4) is 0 Å². The van der Waals surface area contributed by atoms with Crippen LogP contribution < -0.4 is 20.9 Å². The molecule has 1 aromatic heterocycles. The third-order valence-corrected chi connectivity index (χ3v) is 6.67. The Labute approximate surface area is 226 Å². The SMILES string of the molecule is O=C(O)Cn1cccc1C(=O)Nc1ccc(Nc2ccc(Nc3ccc(N4CCC(O)CC4)cc3)cc2)cc1. The van der Waals surface area contributed by atoms with Crippen LogP contribution in [-0.2, 0) is 11.3 Å². The van der Waals surface area contributed by atoms with E-state index in [2.05, 4.69) is 45.1 Å². The lowest BCUT2D eigenvalue weighted by atomic mass is 10.1. The van der Waals surface area contributed by atoms with Crippen LogP contribution in [0, 0.1) is 0 Å². The van der Waals surface area contributed by atoms with E-state index >= 15 is 0 Å². The van der Waals surface area contributed by atoms with Crippen LogP contribution in [0.2, 0.25) is 0 Å². The molecule has 1 fully saturated rings. The first-order chi connectivity index (χ1) is 18.9. The van der Waals surface area contributed by atoms with Crippen molar-refractivity contribution in [3.8, 4) is 0 Å². The Morgan fingerprint density at radius 2 is 1.23 bits per heavy atom. The molecule has 9 nitrogen and oxygen atoms in total. The van der Waals surface area contributed by atoms with Crippen molar-refractivity contribution in [1.29, 1.82) is 0 Å². The summed E-state index contributed by atoms with van der Waals surface area (Å²) in [5.41, 5.74) is 5.83. The number of hydrogen-bond donors (Lipinski definition) is 5. The van der Waals surface area contributed by atoms with Gasteiger partial charge in [-0.2, -0.15) is 0 Å². The monoisotopic (exact) mass is 525 g/mol. The number of carboxylic acids is 1. The van der Waals surface area contributed by atoms with E-state index < -0.39 is 5.97 Å². The van der Waals surface area contributed by atoms with Gasteiger partial charge < -0.3 is 35.6 Å². The molecule has 1 aliphatic rings. The first-order valence-corrected chi connectivity index (χ1v) is 12.9. The van der Waals surface area contributed by atoms with Gasteiger partial charge in [-0.15, -0.1) is 0 Å². The first-order valence-electron chi connectivity index (χ1n) is 12.9. The average molecular weight is 526 g/mol. The number of piperidine rings is 1. The number of benzene rings is 3. The average Bonchev–Trinajstić information content (AvgIpc) is 3.39. The summed E-state index contributed by atoms with van der Waals surface area (Å²) in [5.74, 6) is -1.38. The van der Waals surface area contributed by atoms with Gasteiger partial charge >= 0.3 is 5.97 Å². The van der Waals surface area contributed by atoms with Crippen LogP contribution in [0.1, 0.15) is 23.3 Å². The molecule has 0 atom stereocenters. The molecule has 39 heavy (non-hydrogen) atoms. The molecule has 1 aliphatic heterocycles. The topological polar surface area (TPSA) is 119 Å². The zero-order valence-electron chi connectivity index (χ0n) is 21.4. The van der Waals surface area contributed by atoms with Crippen LogP contribution in [0.25, 0.3) is 0 Å². The highest BCUT2D eigenvalue weighted by atomic mass is 16.4. The molecule has 0 radical (unpaired) electrons. The van der Waals surface area contributed by atoms with Gasteiger partial charge in [0.25, 0.3) is 5.91 Å². The van der Waals surface area contributed by atoms with E-state index in [-0.39, 0.29) is 24.2 Å². The maximum absolute atomic E-state index is 12.6. The van der Waals surface area contributed by atoms with Crippen molar-refractivity contribution in [1.82, 2.24) is 4.57 Å². The summed E-state index contributed by atoms with van der Waals surface area (Å²) in [7, 11) is 0.